The van der Waals surface area contributed by atoms with E-state index < -0.39 is 18.0 Å². The fourth-order valence-electron chi connectivity index (χ4n) is 2.35. The van der Waals surface area contributed by atoms with Gasteiger partial charge in [-0.05, 0) is 12.8 Å². The van der Waals surface area contributed by atoms with E-state index in [1.165, 1.54) is 38.5 Å². The van der Waals surface area contributed by atoms with Gasteiger partial charge in [0.2, 0.25) is 5.91 Å². The van der Waals surface area contributed by atoms with Crippen LogP contribution in [0.2, 0.25) is 0 Å². The third-order valence-corrected chi connectivity index (χ3v) is 3.84. The molecule has 0 radical (unpaired) electrons. The Kier molecular flexibility index (Phi) is 13.9. The van der Waals surface area contributed by atoms with Gasteiger partial charge in [0.25, 0.3) is 0 Å². The van der Waals surface area contributed by atoms with Crippen LogP contribution in [0.3, 0.4) is 0 Å². The molecule has 0 saturated carbocycles. The Hall–Kier alpha value is -1.63. The van der Waals surface area contributed by atoms with E-state index in [-0.39, 0.29) is 18.7 Å². The third-order valence-electron chi connectivity index (χ3n) is 3.84. The van der Waals surface area contributed by atoms with Crippen molar-refractivity contribution in [3.05, 3.63) is 0 Å². The molecule has 0 spiro atoms. The van der Waals surface area contributed by atoms with Crippen LogP contribution in [0.1, 0.15) is 84.0 Å². The molecule has 24 heavy (non-hydrogen) atoms. The summed E-state index contributed by atoms with van der Waals surface area (Å²) in [5.74, 6) is -2.51. The fourth-order valence-corrected chi connectivity index (χ4v) is 2.35. The lowest BCUT2D eigenvalue weighted by Crippen LogP contribution is -2.48. The maximum atomic E-state index is 11.6. The van der Waals surface area contributed by atoms with E-state index >= 15 is 0 Å². The Bertz CT molecular complexity index is 374. The zero-order valence-corrected chi connectivity index (χ0v) is 14.7. The molecular weight excluding hydrogens is 312 g/mol. The van der Waals surface area contributed by atoms with Crippen LogP contribution < -0.4 is 10.9 Å². The molecule has 0 bridgehead atoms. The zero-order valence-electron chi connectivity index (χ0n) is 14.7. The zero-order chi connectivity index (χ0) is 18.2. The van der Waals surface area contributed by atoms with Gasteiger partial charge in [-0.3, -0.25) is 19.8 Å². The van der Waals surface area contributed by atoms with Crippen molar-refractivity contribution in [2.24, 2.45) is 0 Å². The van der Waals surface area contributed by atoms with Crippen LogP contribution in [0.5, 0.6) is 0 Å². The molecule has 0 heterocycles. The Labute approximate surface area is 144 Å². The molecule has 0 aromatic heterocycles. The number of aliphatic carboxylic acids is 2. The van der Waals surface area contributed by atoms with Gasteiger partial charge in [-0.1, -0.05) is 58.3 Å². The maximum absolute atomic E-state index is 11.6. The van der Waals surface area contributed by atoms with Gasteiger partial charge in [0.05, 0.1) is 0 Å². The van der Waals surface area contributed by atoms with Gasteiger partial charge in [0.1, 0.15) is 6.04 Å². The number of carbonyl (C=O) groups excluding carboxylic acids is 1. The highest BCUT2D eigenvalue weighted by molar-refractivity contribution is 5.78. The molecule has 4 N–H and O–H groups in total. The van der Waals surface area contributed by atoms with Crippen molar-refractivity contribution in [3.8, 4) is 0 Å². The summed E-state index contributed by atoms with van der Waals surface area (Å²) in [5.41, 5.74) is 4.74. The largest absolute Gasteiger partial charge is 0.481 e. The number of nitrogens with one attached hydrogen (secondary N) is 2. The quantitative estimate of drug-likeness (QED) is 0.253. The summed E-state index contributed by atoms with van der Waals surface area (Å²) >= 11 is 0. The third kappa shape index (κ3) is 14.0. The highest BCUT2D eigenvalue weighted by Gasteiger charge is 2.18. The normalized spacial score (nSPS) is 11.9. The van der Waals surface area contributed by atoms with E-state index in [2.05, 4.69) is 17.8 Å². The minimum atomic E-state index is -1.18. The van der Waals surface area contributed by atoms with E-state index in [0.29, 0.717) is 6.42 Å². The number of carboxylic acid groups (broad SMARTS) is 2. The molecule has 7 heteroatoms. The molecule has 0 aliphatic heterocycles. The molecule has 1 atom stereocenters. The Morgan fingerprint density at radius 3 is 1.88 bits per heavy atom. The van der Waals surface area contributed by atoms with Crippen molar-refractivity contribution in [3.63, 3.8) is 0 Å². The first-order valence-corrected chi connectivity index (χ1v) is 8.96. The molecule has 0 unspecified atom stereocenters. The van der Waals surface area contributed by atoms with Gasteiger partial charge in [-0.15, -0.1) is 0 Å². The maximum Gasteiger partial charge on any atom is 0.322 e. The molecular formula is C17H32N2O5. The van der Waals surface area contributed by atoms with Gasteiger partial charge in [0.15, 0.2) is 0 Å². The van der Waals surface area contributed by atoms with Crippen LogP contribution in [-0.2, 0) is 14.4 Å². The van der Waals surface area contributed by atoms with Gasteiger partial charge < -0.3 is 10.2 Å². The monoisotopic (exact) mass is 344 g/mol. The number of amides is 1. The second-order valence-electron chi connectivity index (χ2n) is 6.09. The topological polar surface area (TPSA) is 116 Å². The van der Waals surface area contributed by atoms with Crippen LogP contribution in [-0.4, -0.2) is 34.1 Å². The Balaban J connectivity index is 3.63. The van der Waals surface area contributed by atoms with Gasteiger partial charge in [0, 0.05) is 12.8 Å². The Morgan fingerprint density at radius 2 is 1.38 bits per heavy atom. The molecule has 0 aliphatic rings. The average molecular weight is 344 g/mol. The van der Waals surface area contributed by atoms with Crippen molar-refractivity contribution in [1.29, 1.82) is 0 Å². The fraction of sp³-hybridized carbons (Fsp3) is 0.824. The number of carboxylic acids is 2. The van der Waals surface area contributed by atoms with Crippen LogP contribution in [0.25, 0.3) is 0 Å². The number of hydrazine groups is 1. The summed E-state index contributed by atoms with van der Waals surface area (Å²) in [7, 11) is 0. The molecule has 0 rings (SSSR count). The lowest BCUT2D eigenvalue weighted by Gasteiger charge is -2.14. The van der Waals surface area contributed by atoms with E-state index in [0.717, 1.165) is 19.3 Å². The first-order chi connectivity index (χ1) is 11.5. The lowest BCUT2D eigenvalue weighted by molar-refractivity contribution is -0.141. The second-order valence-corrected chi connectivity index (χ2v) is 6.09. The first-order valence-electron chi connectivity index (χ1n) is 8.96. The van der Waals surface area contributed by atoms with E-state index in [4.69, 9.17) is 10.2 Å². The molecule has 0 aromatic carbocycles. The van der Waals surface area contributed by atoms with E-state index in [1.807, 2.05) is 0 Å². The number of hydrogen-bond acceptors (Lipinski definition) is 4. The van der Waals surface area contributed by atoms with Crippen molar-refractivity contribution in [2.45, 2.75) is 90.0 Å². The van der Waals surface area contributed by atoms with Crippen LogP contribution in [0.4, 0.5) is 0 Å². The van der Waals surface area contributed by atoms with E-state index in [9.17, 15) is 14.4 Å². The lowest BCUT2D eigenvalue weighted by atomic mass is 10.1. The minimum Gasteiger partial charge on any atom is -0.481 e. The van der Waals surface area contributed by atoms with Crippen molar-refractivity contribution in [2.75, 3.05) is 0 Å². The van der Waals surface area contributed by atoms with Gasteiger partial charge in [-0.2, -0.15) is 0 Å². The minimum absolute atomic E-state index is 0.0804. The second kappa shape index (κ2) is 14.9. The molecule has 0 aromatic rings. The van der Waals surface area contributed by atoms with Crippen molar-refractivity contribution >= 4 is 17.8 Å². The van der Waals surface area contributed by atoms with Gasteiger partial charge >= 0.3 is 11.9 Å². The molecule has 0 saturated heterocycles. The summed E-state index contributed by atoms with van der Waals surface area (Å²) in [4.78, 5) is 33.0. The number of unbranched alkanes of at least 4 members (excludes halogenated alkanes) is 8. The standard InChI is InChI=1S/C17H32N2O5/c1-2-3-4-5-6-7-8-9-10-11-15(20)19-18-14(17(23)24)12-13-16(21)22/h14,18H,2-13H2,1H3,(H,19,20)(H,21,22)(H,23,24)/t14-/m0/s1. The predicted octanol–water partition coefficient (Wildman–Crippen LogP) is 2.85. The summed E-state index contributed by atoms with van der Waals surface area (Å²) in [6.45, 7) is 2.20. The summed E-state index contributed by atoms with van der Waals surface area (Å²) in [6, 6.07) is -1.09. The highest BCUT2D eigenvalue weighted by atomic mass is 16.4. The smallest absolute Gasteiger partial charge is 0.322 e. The molecule has 0 aliphatic carbocycles. The molecule has 1 amide bonds. The average Bonchev–Trinajstić information content (AvgIpc) is 2.52. The van der Waals surface area contributed by atoms with Crippen LogP contribution >= 0.6 is 0 Å². The van der Waals surface area contributed by atoms with Gasteiger partial charge in [-0.25, -0.2) is 5.43 Å². The number of carbonyl (C=O) groups is 3. The summed E-state index contributed by atoms with van der Waals surface area (Å²) in [6.07, 6.45) is 10.5. The molecule has 7 nitrogen and oxygen atoms in total. The summed E-state index contributed by atoms with van der Waals surface area (Å²) < 4.78 is 0. The molecule has 140 valence electrons. The predicted molar refractivity (Wildman–Crippen MR) is 91.4 cm³/mol. The van der Waals surface area contributed by atoms with Crippen LogP contribution in [0, 0.1) is 0 Å². The highest BCUT2D eigenvalue weighted by Crippen LogP contribution is 2.10. The van der Waals surface area contributed by atoms with E-state index in [1.54, 1.807) is 0 Å². The number of rotatable bonds is 16. The molecule has 0 fully saturated rings. The summed E-state index contributed by atoms with van der Waals surface area (Å²) in [5, 5.41) is 17.5. The number of hydrogen-bond donors (Lipinski definition) is 4. The van der Waals surface area contributed by atoms with Crippen molar-refractivity contribution in [1.82, 2.24) is 10.9 Å². The SMILES string of the molecule is CCCCCCCCCCCC(=O)NN[C@@H](CCC(=O)O)C(=O)O. The first kappa shape index (κ1) is 22.4. The Morgan fingerprint density at radius 1 is 0.833 bits per heavy atom. The van der Waals surface area contributed by atoms with Crippen molar-refractivity contribution < 1.29 is 24.6 Å². The van der Waals surface area contributed by atoms with Crippen LogP contribution in [0.15, 0.2) is 0 Å².